The van der Waals surface area contributed by atoms with Crippen molar-refractivity contribution in [3.8, 4) is 0 Å². The van der Waals surface area contributed by atoms with E-state index in [9.17, 15) is 4.39 Å². The molecule has 2 heterocycles. The van der Waals surface area contributed by atoms with Gasteiger partial charge in [0.05, 0.1) is 5.39 Å². The van der Waals surface area contributed by atoms with E-state index in [-0.39, 0.29) is 5.82 Å². The highest BCUT2D eigenvalue weighted by Gasteiger charge is 2.02. The summed E-state index contributed by atoms with van der Waals surface area (Å²) in [4.78, 5) is 6.67. The lowest BCUT2D eigenvalue weighted by Crippen LogP contribution is -1.75. The Bertz CT molecular complexity index is 396. The van der Waals surface area contributed by atoms with Crippen molar-refractivity contribution < 1.29 is 4.39 Å². The number of nitrogens with zero attached hydrogens (tertiary/aromatic N) is 1. The van der Waals surface area contributed by atoms with Crippen molar-refractivity contribution in [2.24, 2.45) is 0 Å². The normalized spacial score (nSPS) is 10.7. The Morgan fingerprint density at radius 3 is 3.18 bits per heavy atom. The summed E-state index contributed by atoms with van der Waals surface area (Å²) in [6.07, 6.45) is 2.92. The molecule has 0 aliphatic heterocycles. The van der Waals surface area contributed by atoms with Gasteiger partial charge in [-0.1, -0.05) is 0 Å². The quantitative estimate of drug-likeness (QED) is 0.718. The highest BCUT2D eigenvalue weighted by molar-refractivity contribution is 9.10. The molecule has 0 unspecified atom stereocenters. The largest absolute Gasteiger partial charge is 0.343 e. The molecule has 4 heteroatoms. The Hall–Kier alpha value is -0.900. The van der Waals surface area contributed by atoms with Gasteiger partial charge in [-0.2, -0.15) is 0 Å². The molecule has 1 N–H and O–H groups in total. The highest BCUT2D eigenvalue weighted by Crippen LogP contribution is 2.18. The van der Waals surface area contributed by atoms with Crippen LogP contribution in [0.5, 0.6) is 0 Å². The first-order valence-corrected chi connectivity index (χ1v) is 3.85. The van der Waals surface area contributed by atoms with Gasteiger partial charge in [-0.3, -0.25) is 0 Å². The fourth-order valence-corrected chi connectivity index (χ4v) is 1.28. The zero-order valence-corrected chi connectivity index (χ0v) is 7.02. The standard InChI is InChI=1S/C7H4BrFN2/c8-4-1-5-6(9)3-11-7(5)10-2-4/h1-3H,(H,10,11). The molecule has 0 radical (unpaired) electrons. The average molecular weight is 215 g/mol. The molecule has 0 bridgehead atoms. The first-order valence-electron chi connectivity index (χ1n) is 3.05. The van der Waals surface area contributed by atoms with E-state index in [4.69, 9.17) is 0 Å². The molecule has 2 aromatic rings. The van der Waals surface area contributed by atoms with E-state index >= 15 is 0 Å². The van der Waals surface area contributed by atoms with Crippen molar-refractivity contribution in [3.05, 3.63) is 28.7 Å². The van der Waals surface area contributed by atoms with Crippen molar-refractivity contribution in [2.45, 2.75) is 0 Å². The lowest BCUT2D eigenvalue weighted by atomic mass is 10.3. The summed E-state index contributed by atoms with van der Waals surface area (Å²) in [5, 5.41) is 0.513. The maximum atomic E-state index is 12.8. The number of hydrogen-bond donors (Lipinski definition) is 1. The zero-order chi connectivity index (χ0) is 7.84. The third-order valence-corrected chi connectivity index (χ3v) is 1.88. The van der Waals surface area contributed by atoms with Crippen LogP contribution in [0.25, 0.3) is 11.0 Å². The summed E-state index contributed by atoms with van der Waals surface area (Å²) in [5.74, 6) is -0.270. The van der Waals surface area contributed by atoms with Crippen LogP contribution in [0.1, 0.15) is 0 Å². The predicted molar refractivity (Wildman–Crippen MR) is 43.8 cm³/mol. The van der Waals surface area contributed by atoms with Crippen LogP contribution >= 0.6 is 15.9 Å². The summed E-state index contributed by atoms with van der Waals surface area (Å²) in [6, 6.07) is 1.69. The smallest absolute Gasteiger partial charge is 0.150 e. The van der Waals surface area contributed by atoms with Crippen LogP contribution in [0.3, 0.4) is 0 Å². The molecule has 0 spiro atoms. The van der Waals surface area contributed by atoms with E-state index < -0.39 is 0 Å². The molecule has 2 aromatic heterocycles. The Labute approximate surface area is 70.6 Å². The molecule has 0 amide bonds. The average Bonchev–Trinajstić information content (AvgIpc) is 2.33. The van der Waals surface area contributed by atoms with Gasteiger partial charge < -0.3 is 4.98 Å². The molecule has 0 atom stereocenters. The SMILES string of the molecule is Fc1c[nH]c2ncc(Br)cc12. The number of H-pyrrole nitrogens is 1. The van der Waals surface area contributed by atoms with Gasteiger partial charge in [0.25, 0.3) is 0 Å². The Kier molecular flexibility index (Phi) is 1.42. The van der Waals surface area contributed by atoms with Gasteiger partial charge in [-0.15, -0.1) is 0 Å². The fraction of sp³-hybridized carbons (Fsp3) is 0. The summed E-state index contributed by atoms with van der Waals surface area (Å²) in [6.45, 7) is 0. The van der Waals surface area contributed by atoms with Gasteiger partial charge in [0.1, 0.15) is 11.5 Å². The molecule has 0 fully saturated rings. The van der Waals surface area contributed by atoms with Gasteiger partial charge in [-0.05, 0) is 22.0 Å². The minimum absolute atomic E-state index is 0.270. The number of rotatable bonds is 0. The molecule has 11 heavy (non-hydrogen) atoms. The minimum Gasteiger partial charge on any atom is -0.343 e. The topological polar surface area (TPSA) is 28.7 Å². The van der Waals surface area contributed by atoms with E-state index in [2.05, 4.69) is 25.9 Å². The van der Waals surface area contributed by atoms with E-state index in [1.807, 2.05) is 0 Å². The number of fused-ring (bicyclic) bond motifs is 1. The highest BCUT2D eigenvalue weighted by atomic mass is 79.9. The monoisotopic (exact) mass is 214 g/mol. The molecule has 56 valence electrons. The van der Waals surface area contributed by atoms with Crippen LogP contribution in [0.2, 0.25) is 0 Å². The van der Waals surface area contributed by atoms with E-state index in [1.165, 1.54) is 6.20 Å². The van der Waals surface area contributed by atoms with Crippen molar-refractivity contribution >= 4 is 27.0 Å². The third kappa shape index (κ3) is 1.03. The number of aromatic nitrogens is 2. The Morgan fingerprint density at radius 1 is 1.55 bits per heavy atom. The van der Waals surface area contributed by atoms with Crippen LogP contribution in [0.15, 0.2) is 22.9 Å². The minimum atomic E-state index is -0.270. The fourth-order valence-electron chi connectivity index (χ4n) is 0.946. The molecule has 2 rings (SSSR count). The second kappa shape index (κ2) is 2.30. The molecular weight excluding hydrogens is 211 g/mol. The van der Waals surface area contributed by atoms with Crippen LogP contribution in [0.4, 0.5) is 4.39 Å². The van der Waals surface area contributed by atoms with E-state index in [0.717, 1.165) is 4.47 Å². The number of hydrogen-bond acceptors (Lipinski definition) is 1. The number of nitrogens with one attached hydrogen (secondary N) is 1. The summed E-state index contributed by atoms with van der Waals surface area (Å²) < 4.78 is 13.6. The Balaban J connectivity index is 2.87. The number of halogens is 2. The number of aromatic amines is 1. The van der Waals surface area contributed by atoms with Crippen molar-refractivity contribution in [1.29, 1.82) is 0 Å². The van der Waals surface area contributed by atoms with Gasteiger partial charge in [0, 0.05) is 16.9 Å². The predicted octanol–water partition coefficient (Wildman–Crippen LogP) is 2.46. The van der Waals surface area contributed by atoms with Gasteiger partial charge in [0.15, 0.2) is 0 Å². The lowest BCUT2D eigenvalue weighted by Gasteiger charge is -1.89. The van der Waals surface area contributed by atoms with Crippen molar-refractivity contribution in [2.75, 3.05) is 0 Å². The number of pyridine rings is 1. The second-order valence-electron chi connectivity index (χ2n) is 2.19. The molecular formula is C7H4BrFN2. The van der Waals surface area contributed by atoms with Crippen LogP contribution in [-0.4, -0.2) is 9.97 Å². The molecule has 2 nitrogen and oxygen atoms in total. The molecule has 0 aliphatic rings. The zero-order valence-electron chi connectivity index (χ0n) is 5.44. The molecule has 0 aliphatic carbocycles. The van der Waals surface area contributed by atoms with Gasteiger partial charge in [-0.25, -0.2) is 9.37 Å². The van der Waals surface area contributed by atoms with Crippen molar-refractivity contribution in [1.82, 2.24) is 9.97 Å². The van der Waals surface area contributed by atoms with Crippen LogP contribution < -0.4 is 0 Å². The summed E-state index contributed by atoms with van der Waals surface area (Å²) in [5.41, 5.74) is 0.575. The first-order chi connectivity index (χ1) is 5.27. The maximum absolute atomic E-state index is 12.8. The van der Waals surface area contributed by atoms with E-state index in [1.54, 1.807) is 12.3 Å². The van der Waals surface area contributed by atoms with Crippen LogP contribution in [-0.2, 0) is 0 Å². The molecule has 0 saturated heterocycles. The third-order valence-electron chi connectivity index (χ3n) is 1.45. The van der Waals surface area contributed by atoms with Gasteiger partial charge in [0.2, 0.25) is 0 Å². The summed E-state index contributed by atoms with van der Waals surface area (Å²) in [7, 11) is 0. The first kappa shape index (κ1) is 6.79. The van der Waals surface area contributed by atoms with Crippen LogP contribution in [0, 0.1) is 5.82 Å². The van der Waals surface area contributed by atoms with Gasteiger partial charge >= 0.3 is 0 Å². The summed E-state index contributed by atoms with van der Waals surface area (Å²) >= 11 is 3.21. The maximum Gasteiger partial charge on any atom is 0.150 e. The molecule has 0 aromatic carbocycles. The Morgan fingerprint density at radius 2 is 2.36 bits per heavy atom. The second-order valence-corrected chi connectivity index (χ2v) is 3.10. The molecule has 0 saturated carbocycles. The van der Waals surface area contributed by atoms with Crippen molar-refractivity contribution in [3.63, 3.8) is 0 Å². The van der Waals surface area contributed by atoms with E-state index in [0.29, 0.717) is 11.0 Å². The lowest BCUT2D eigenvalue weighted by molar-refractivity contribution is 0.639.